The zero-order valence-electron chi connectivity index (χ0n) is 61.9. The van der Waals surface area contributed by atoms with Gasteiger partial charge < -0.3 is 0 Å². The van der Waals surface area contributed by atoms with Gasteiger partial charge in [-0.05, 0) is 78.4 Å². The van der Waals surface area contributed by atoms with E-state index in [1.54, 1.807) is 12.4 Å². The molecule has 2 heteroatoms. The average molecular weight is 1190 g/mol. The molecule has 6 rings (SSSR count). The minimum absolute atomic E-state index is 0. The van der Waals surface area contributed by atoms with E-state index in [-0.39, 0.29) is 37.1 Å². The first-order valence-electron chi connectivity index (χ1n) is 30.5. The van der Waals surface area contributed by atoms with Crippen molar-refractivity contribution < 1.29 is 0 Å². The van der Waals surface area contributed by atoms with Crippen LogP contribution in [0.15, 0.2) is 158 Å². The number of fused-ring (bicyclic) bond motifs is 2. The third kappa shape index (κ3) is 252. The quantitative estimate of drug-likeness (QED) is 0.151. The van der Waals surface area contributed by atoms with Crippen molar-refractivity contribution in [3.05, 3.63) is 158 Å². The van der Waals surface area contributed by atoms with Gasteiger partial charge in [0.05, 0.1) is 5.52 Å². The van der Waals surface area contributed by atoms with Crippen molar-refractivity contribution in [2.75, 3.05) is 0 Å². The van der Waals surface area contributed by atoms with Crippen molar-refractivity contribution in [3.8, 4) is 0 Å². The molecule has 4 aromatic carbocycles. The van der Waals surface area contributed by atoms with Gasteiger partial charge in [-0.3, -0.25) is 9.97 Å². The van der Waals surface area contributed by atoms with E-state index >= 15 is 0 Å². The van der Waals surface area contributed by atoms with Crippen molar-refractivity contribution in [3.63, 3.8) is 0 Å². The molecule has 508 valence electrons. The zero-order chi connectivity index (χ0) is 66.1. The van der Waals surface area contributed by atoms with Gasteiger partial charge in [-0.15, -0.1) is 0 Å². The Morgan fingerprint density at radius 1 is 0.188 bits per heavy atom. The third-order valence-corrected chi connectivity index (χ3v) is 4.40. The highest BCUT2D eigenvalue weighted by Crippen LogP contribution is 2.13. The normalized spacial score (nSPS) is 9.41. The monoisotopic (exact) mass is 1190 g/mol. The molecule has 0 aliphatic heterocycles. The second kappa shape index (κ2) is 70.5. The van der Waals surface area contributed by atoms with E-state index in [9.17, 15) is 0 Å². The molecule has 0 aliphatic carbocycles. The molecule has 0 saturated carbocycles. The van der Waals surface area contributed by atoms with Gasteiger partial charge in [-0.25, -0.2) is 0 Å². The highest BCUT2D eigenvalue weighted by molar-refractivity contribution is 5.82. The van der Waals surface area contributed by atoms with Crippen molar-refractivity contribution in [1.29, 1.82) is 0 Å². The summed E-state index contributed by atoms with van der Waals surface area (Å²) in [5.41, 5.74) is 5.06. The lowest BCUT2D eigenvalue weighted by Gasteiger charge is -2.05. The Morgan fingerprint density at radius 3 is 0.494 bits per heavy atom. The molecule has 85 heavy (non-hydrogen) atoms. The number of benzene rings is 4. The molecule has 0 aliphatic rings. The molecule has 2 heterocycles. The largest absolute Gasteiger partial charge is 0.265 e. The van der Waals surface area contributed by atoms with Crippen LogP contribution in [0.4, 0.5) is 0 Å². The number of nitrogens with zero attached hydrogens (tertiary/aromatic N) is 2. The molecule has 2 aromatic heterocycles. The maximum Gasteiger partial charge on any atom is 0.0701 e. The summed E-state index contributed by atoms with van der Waals surface area (Å²) in [4.78, 5) is 7.97. The number of para-hydroxylation sites is 1. The van der Waals surface area contributed by atoms with Gasteiger partial charge in [0.15, 0.2) is 0 Å². The summed E-state index contributed by atoms with van der Waals surface area (Å²) in [6.45, 7) is 86.0. The van der Waals surface area contributed by atoms with E-state index in [4.69, 9.17) is 0 Å². The van der Waals surface area contributed by atoms with Gasteiger partial charge in [0.1, 0.15) is 0 Å². The molecule has 2 nitrogen and oxygen atoms in total. The number of aromatic nitrogens is 2. The van der Waals surface area contributed by atoms with Crippen molar-refractivity contribution in [2.24, 2.45) is 43.3 Å². The van der Waals surface area contributed by atoms with Crippen LogP contribution < -0.4 is 0 Å². The molecular formula is C83H166N2. The lowest BCUT2D eigenvalue weighted by Crippen LogP contribution is -1.93. The fraction of sp³-hybridized carbons (Fsp3) is 0.639. The summed E-state index contributed by atoms with van der Waals surface area (Å²) in [6.07, 6.45) is 5.31. The predicted molar refractivity (Wildman–Crippen MR) is 416 cm³/mol. The van der Waals surface area contributed by atoms with E-state index in [1.165, 1.54) is 16.2 Å². The SMILES string of the molecule is C.C.C.C.C.CC.CC.CC.CC.CC(C)(C)C.CC(C)(C)C.CC(C)(C)C.CC(C)(C)C.CC(C)(C)C.CC(C)(C)C.CC(C)(C)C.CC(C)(C)C.c1ccc2ccccc2c1.c1ccc2ncccc2c1.c1ccccc1.c1ccncc1. The Balaban J connectivity index is -0.0000000481. The summed E-state index contributed by atoms with van der Waals surface area (Å²) >= 11 is 0. The van der Waals surface area contributed by atoms with Gasteiger partial charge in [0.2, 0.25) is 0 Å². The van der Waals surface area contributed by atoms with Crippen LogP contribution in [0.5, 0.6) is 0 Å². The molecular weight excluding hydrogens is 1020 g/mol. The van der Waals surface area contributed by atoms with E-state index < -0.39 is 0 Å². The smallest absolute Gasteiger partial charge is 0.0701 e. The van der Waals surface area contributed by atoms with E-state index in [1.807, 2.05) is 140 Å². The number of rotatable bonds is 0. The summed E-state index contributed by atoms with van der Waals surface area (Å²) in [5, 5.41) is 3.82. The molecule has 0 amide bonds. The van der Waals surface area contributed by atoms with E-state index in [0.717, 1.165) is 5.52 Å². The summed E-state index contributed by atoms with van der Waals surface area (Å²) in [7, 11) is 0. The summed E-state index contributed by atoms with van der Waals surface area (Å²) in [6, 6.07) is 46.5. The maximum absolute atomic E-state index is 4.18. The lowest BCUT2D eigenvalue weighted by atomic mass is 10.0. The van der Waals surface area contributed by atoms with Crippen LogP contribution in [0, 0.1) is 43.3 Å². The van der Waals surface area contributed by atoms with E-state index in [2.05, 4.69) is 292 Å². The van der Waals surface area contributed by atoms with Gasteiger partial charge >= 0.3 is 0 Å². The molecule has 0 fully saturated rings. The van der Waals surface area contributed by atoms with Gasteiger partial charge in [0.25, 0.3) is 0 Å². The van der Waals surface area contributed by atoms with Gasteiger partial charge in [-0.2, -0.15) is 0 Å². The Bertz CT molecular complexity index is 1530. The fourth-order valence-corrected chi connectivity index (χ4v) is 2.85. The van der Waals surface area contributed by atoms with Crippen molar-refractivity contribution in [2.45, 2.75) is 314 Å². The standard InChI is InChI=1S/C10H8.C9H7N.C6H6.C5H5N.8C5H12.4C2H6.5CH4/c1-2-6-10-8-4-3-7-9(10)5-1;1-2-6-9-8(4-1)5-3-7-10-9;2*1-2-4-6-5-3-1;8*1-5(2,3)4;4*1-2;;;;;/h1-8H;1-7H;1-6H;1-5H;8*1-4H3;4*1-2H3;5*1H4. The Kier molecular flexibility index (Phi) is 98.4. The first kappa shape index (κ1) is 119. The summed E-state index contributed by atoms with van der Waals surface area (Å²) < 4.78 is 0. The van der Waals surface area contributed by atoms with Crippen LogP contribution in [-0.2, 0) is 0 Å². The first-order chi connectivity index (χ1) is 35.9. The lowest BCUT2D eigenvalue weighted by molar-refractivity contribution is 0.469. The third-order valence-electron chi connectivity index (χ3n) is 4.40. The number of pyridine rings is 2. The molecule has 0 unspecified atom stereocenters. The highest BCUT2D eigenvalue weighted by Gasteiger charge is 1.99. The van der Waals surface area contributed by atoms with Gasteiger partial charge in [0, 0.05) is 24.0 Å². The number of hydrogen-bond donors (Lipinski definition) is 0. The van der Waals surface area contributed by atoms with Crippen LogP contribution in [0.3, 0.4) is 0 Å². The zero-order valence-corrected chi connectivity index (χ0v) is 61.9. The van der Waals surface area contributed by atoms with Gasteiger partial charge in [-0.1, -0.05) is 429 Å². The molecule has 0 atom stereocenters. The second-order valence-corrected chi connectivity index (χ2v) is 30.7. The van der Waals surface area contributed by atoms with Crippen molar-refractivity contribution in [1.82, 2.24) is 9.97 Å². The molecule has 0 bridgehead atoms. The van der Waals surface area contributed by atoms with Crippen molar-refractivity contribution >= 4 is 21.7 Å². The molecule has 0 N–H and O–H groups in total. The predicted octanol–water partition coefficient (Wildman–Crippen LogP) is 31.5. The second-order valence-electron chi connectivity index (χ2n) is 30.7. The summed E-state index contributed by atoms with van der Waals surface area (Å²) in [5.74, 6) is 0. The first-order valence-corrected chi connectivity index (χ1v) is 30.5. The average Bonchev–Trinajstić information content (AvgIpc) is 3.29. The molecule has 0 saturated heterocycles. The molecule has 6 aromatic rings. The fourth-order valence-electron chi connectivity index (χ4n) is 2.85. The Morgan fingerprint density at radius 2 is 0.341 bits per heavy atom. The minimum atomic E-state index is 0. The maximum atomic E-state index is 4.18. The van der Waals surface area contributed by atoms with Crippen LogP contribution in [0.25, 0.3) is 21.7 Å². The molecule has 0 spiro atoms. The van der Waals surface area contributed by atoms with E-state index in [0.29, 0.717) is 43.3 Å². The topological polar surface area (TPSA) is 25.8 Å². The van der Waals surface area contributed by atoms with Crippen LogP contribution in [-0.4, -0.2) is 9.97 Å². The van der Waals surface area contributed by atoms with Crippen LogP contribution >= 0.6 is 0 Å². The molecule has 0 radical (unpaired) electrons. The van der Waals surface area contributed by atoms with Crippen LogP contribution in [0.2, 0.25) is 0 Å². The Hall–Kier alpha value is -4.30. The van der Waals surface area contributed by atoms with Crippen LogP contribution in [0.1, 0.15) is 314 Å². The number of hydrogen-bond acceptors (Lipinski definition) is 2. The minimum Gasteiger partial charge on any atom is -0.265 e. The highest BCUT2D eigenvalue weighted by atomic mass is 14.6. The Labute approximate surface area is 544 Å².